The van der Waals surface area contributed by atoms with Crippen molar-refractivity contribution >= 4 is 18.1 Å². The van der Waals surface area contributed by atoms with Gasteiger partial charge in [0.1, 0.15) is 5.75 Å². The molecule has 2 N–H and O–H groups in total. The number of furan rings is 1. The third-order valence-electron chi connectivity index (χ3n) is 3.72. The van der Waals surface area contributed by atoms with E-state index in [1.54, 1.807) is 43.3 Å². The van der Waals surface area contributed by atoms with Crippen LogP contribution in [0.3, 0.4) is 0 Å². The van der Waals surface area contributed by atoms with Gasteiger partial charge in [0.05, 0.1) is 24.6 Å². The number of ether oxygens (including phenoxy) is 2. The summed E-state index contributed by atoms with van der Waals surface area (Å²) in [7, 11) is 0. The summed E-state index contributed by atoms with van der Waals surface area (Å²) < 4.78 is 15.8. The third kappa shape index (κ3) is 5.01. The first kappa shape index (κ1) is 19.7. The number of rotatable bonds is 7. The zero-order chi connectivity index (χ0) is 20.6. The summed E-state index contributed by atoms with van der Waals surface area (Å²) in [4.78, 5) is 24.1. The molecular formula is C21H18N2O6. The number of amides is 1. The molecule has 0 aliphatic carbocycles. The zero-order valence-corrected chi connectivity index (χ0v) is 15.5. The fraction of sp³-hybridized carbons (Fsp3) is 0.0952. The van der Waals surface area contributed by atoms with E-state index in [4.69, 9.17) is 13.9 Å². The molecule has 29 heavy (non-hydrogen) atoms. The molecule has 0 aliphatic rings. The number of aromatic hydroxyl groups is 1. The van der Waals surface area contributed by atoms with Gasteiger partial charge in [0, 0.05) is 0 Å². The highest BCUT2D eigenvalue weighted by Crippen LogP contribution is 2.29. The second-order valence-corrected chi connectivity index (χ2v) is 5.72. The molecular weight excluding hydrogens is 376 g/mol. The number of esters is 1. The molecule has 1 heterocycles. The minimum atomic E-state index is -0.646. The lowest BCUT2D eigenvalue weighted by atomic mass is 10.2. The number of phenols is 1. The fourth-order valence-electron chi connectivity index (χ4n) is 2.39. The van der Waals surface area contributed by atoms with Crippen LogP contribution in [-0.2, 0) is 0 Å². The molecule has 1 amide bonds. The Balaban J connectivity index is 1.70. The van der Waals surface area contributed by atoms with Crippen LogP contribution in [0, 0.1) is 0 Å². The standard InChI is InChI=1S/C21H18N2O6/c1-2-27-19-12-14(9-10-17(19)29-21(26)18-8-5-11-28-18)13-22-23-20(25)15-6-3-4-7-16(15)24/h3-13,24H,2H2,1H3,(H,23,25). The van der Waals surface area contributed by atoms with Crippen LogP contribution in [0.25, 0.3) is 0 Å². The molecule has 0 fully saturated rings. The average Bonchev–Trinajstić information content (AvgIpc) is 3.25. The average molecular weight is 394 g/mol. The number of carbonyl (C=O) groups excluding carboxylic acids is 2. The summed E-state index contributed by atoms with van der Waals surface area (Å²) in [5.41, 5.74) is 3.05. The molecule has 0 saturated carbocycles. The van der Waals surface area contributed by atoms with Crippen molar-refractivity contribution in [1.82, 2.24) is 5.43 Å². The molecule has 0 spiro atoms. The van der Waals surface area contributed by atoms with E-state index < -0.39 is 11.9 Å². The summed E-state index contributed by atoms with van der Waals surface area (Å²) in [6.45, 7) is 2.15. The Bertz CT molecular complexity index is 1030. The summed E-state index contributed by atoms with van der Waals surface area (Å²) in [5.74, 6) is -0.695. The summed E-state index contributed by atoms with van der Waals surface area (Å²) in [6, 6.07) is 14.0. The number of nitrogens with zero attached hydrogens (tertiary/aromatic N) is 1. The van der Waals surface area contributed by atoms with E-state index >= 15 is 0 Å². The predicted octanol–water partition coefficient (Wildman–Crippen LogP) is 3.37. The van der Waals surface area contributed by atoms with Crippen LogP contribution in [0.5, 0.6) is 17.2 Å². The largest absolute Gasteiger partial charge is 0.507 e. The van der Waals surface area contributed by atoms with Gasteiger partial charge in [0.15, 0.2) is 11.5 Å². The maximum Gasteiger partial charge on any atom is 0.379 e. The van der Waals surface area contributed by atoms with Crippen molar-refractivity contribution in [1.29, 1.82) is 0 Å². The lowest BCUT2D eigenvalue weighted by molar-refractivity contribution is 0.0695. The van der Waals surface area contributed by atoms with Crippen molar-refractivity contribution in [3.63, 3.8) is 0 Å². The van der Waals surface area contributed by atoms with Crippen molar-refractivity contribution in [2.24, 2.45) is 5.10 Å². The number of nitrogens with one attached hydrogen (secondary N) is 1. The molecule has 148 valence electrons. The Morgan fingerprint density at radius 3 is 2.69 bits per heavy atom. The van der Waals surface area contributed by atoms with Crippen molar-refractivity contribution in [3.8, 4) is 17.2 Å². The maximum absolute atomic E-state index is 12.1. The quantitative estimate of drug-likeness (QED) is 0.275. The van der Waals surface area contributed by atoms with Gasteiger partial charge in [-0.05, 0) is 55.0 Å². The van der Waals surface area contributed by atoms with Crippen molar-refractivity contribution in [2.75, 3.05) is 6.61 Å². The Labute approximate surface area is 166 Å². The number of para-hydroxylation sites is 1. The molecule has 8 nitrogen and oxygen atoms in total. The second-order valence-electron chi connectivity index (χ2n) is 5.72. The minimum Gasteiger partial charge on any atom is -0.507 e. The first-order chi connectivity index (χ1) is 14.1. The Hall–Kier alpha value is -4.07. The molecule has 2 aromatic carbocycles. The monoisotopic (exact) mass is 394 g/mol. The van der Waals surface area contributed by atoms with Crippen molar-refractivity contribution in [2.45, 2.75) is 6.92 Å². The lowest BCUT2D eigenvalue weighted by Gasteiger charge is -2.10. The highest BCUT2D eigenvalue weighted by Gasteiger charge is 2.15. The van der Waals surface area contributed by atoms with Gasteiger partial charge in [0.25, 0.3) is 5.91 Å². The third-order valence-corrected chi connectivity index (χ3v) is 3.72. The Morgan fingerprint density at radius 1 is 1.14 bits per heavy atom. The predicted molar refractivity (Wildman–Crippen MR) is 104 cm³/mol. The fourth-order valence-corrected chi connectivity index (χ4v) is 2.39. The number of phenolic OH excluding ortho intramolecular Hbond substituents is 1. The number of benzene rings is 2. The van der Waals surface area contributed by atoms with Crippen LogP contribution >= 0.6 is 0 Å². The molecule has 8 heteroatoms. The van der Waals surface area contributed by atoms with Gasteiger partial charge >= 0.3 is 5.97 Å². The topological polar surface area (TPSA) is 110 Å². The summed E-state index contributed by atoms with van der Waals surface area (Å²) in [6.07, 6.45) is 2.78. The zero-order valence-electron chi connectivity index (χ0n) is 15.5. The highest BCUT2D eigenvalue weighted by atomic mass is 16.6. The number of hydrazone groups is 1. The lowest BCUT2D eigenvalue weighted by Crippen LogP contribution is -2.17. The first-order valence-electron chi connectivity index (χ1n) is 8.72. The molecule has 3 rings (SSSR count). The summed E-state index contributed by atoms with van der Waals surface area (Å²) >= 11 is 0. The maximum atomic E-state index is 12.1. The molecule has 0 saturated heterocycles. The molecule has 1 aromatic heterocycles. The van der Waals surface area contributed by atoms with Crippen LogP contribution in [0.1, 0.15) is 33.4 Å². The Kier molecular flexibility index (Phi) is 6.26. The van der Waals surface area contributed by atoms with Crippen LogP contribution in [0.2, 0.25) is 0 Å². The van der Waals surface area contributed by atoms with Crippen molar-refractivity contribution in [3.05, 3.63) is 77.7 Å². The van der Waals surface area contributed by atoms with Crippen LogP contribution < -0.4 is 14.9 Å². The first-order valence-corrected chi connectivity index (χ1v) is 8.72. The molecule has 0 atom stereocenters. The second kappa shape index (κ2) is 9.23. The van der Waals surface area contributed by atoms with Gasteiger partial charge in [-0.2, -0.15) is 5.10 Å². The molecule has 0 aliphatic heterocycles. The van der Waals surface area contributed by atoms with Gasteiger partial charge < -0.3 is 19.0 Å². The van der Waals surface area contributed by atoms with E-state index in [1.807, 2.05) is 0 Å². The van der Waals surface area contributed by atoms with E-state index in [1.165, 1.54) is 30.7 Å². The van der Waals surface area contributed by atoms with E-state index in [9.17, 15) is 14.7 Å². The van der Waals surface area contributed by atoms with Crippen molar-refractivity contribution < 1.29 is 28.6 Å². The molecule has 3 aromatic rings. The van der Waals surface area contributed by atoms with Crippen LogP contribution in [0.4, 0.5) is 0 Å². The molecule has 0 unspecified atom stereocenters. The van der Waals surface area contributed by atoms with Gasteiger partial charge in [-0.15, -0.1) is 0 Å². The highest BCUT2D eigenvalue weighted by molar-refractivity contribution is 5.97. The van der Waals surface area contributed by atoms with Gasteiger partial charge in [-0.25, -0.2) is 10.2 Å². The smallest absolute Gasteiger partial charge is 0.379 e. The van der Waals surface area contributed by atoms with Gasteiger partial charge in [0.2, 0.25) is 5.76 Å². The minimum absolute atomic E-state index is 0.0740. The van der Waals surface area contributed by atoms with E-state index in [-0.39, 0.29) is 22.8 Å². The van der Waals surface area contributed by atoms with E-state index in [0.717, 1.165) is 0 Å². The normalized spacial score (nSPS) is 10.7. The number of hydrogen-bond acceptors (Lipinski definition) is 7. The van der Waals surface area contributed by atoms with Crippen LogP contribution in [0.15, 0.2) is 70.4 Å². The van der Waals surface area contributed by atoms with Gasteiger partial charge in [-0.3, -0.25) is 4.79 Å². The molecule has 0 radical (unpaired) electrons. The van der Waals surface area contributed by atoms with Crippen LogP contribution in [-0.4, -0.2) is 29.8 Å². The molecule has 0 bridgehead atoms. The SMILES string of the molecule is CCOc1cc(C=NNC(=O)c2ccccc2O)ccc1OC(=O)c1ccco1. The van der Waals surface area contributed by atoms with Gasteiger partial charge in [-0.1, -0.05) is 12.1 Å². The Morgan fingerprint density at radius 2 is 1.97 bits per heavy atom. The number of carbonyl (C=O) groups is 2. The number of hydrogen-bond donors (Lipinski definition) is 2. The van der Waals surface area contributed by atoms with E-state index in [2.05, 4.69) is 10.5 Å². The summed E-state index contributed by atoms with van der Waals surface area (Å²) in [5, 5.41) is 13.6. The van der Waals surface area contributed by atoms with E-state index in [0.29, 0.717) is 17.9 Å².